The van der Waals surface area contributed by atoms with Gasteiger partial charge in [-0.15, -0.1) is 0 Å². The molecule has 0 saturated carbocycles. The minimum absolute atomic E-state index is 0.221. The van der Waals surface area contributed by atoms with Gasteiger partial charge in [-0.1, -0.05) is 78.4 Å². The number of nitrogens with zero attached hydrogens (tertiary/aromatic N) is 1. The Morgan fingerprint density at radius 2 is 1.57 bits per heavy atom. The Morgan fingerprint density at radius 1 is 0.893 bits per heavy atom. The van der Waals surface area contributed by atoms with Crippen molar-refractivity contribution in [1.29, 1.82) is 0 Å². The number of aryl methyl sites for hydroxylation is 2. The van der Waals surface area contributed by atoms with Crippen LogP contribution in [0.2, 0.25) is 0 Å². The second-order valence-electron chi connectivity index (χ2n) is 7.12. The molecule has 0 aromatic heterocycles. The fraction of sp³-hybridized carbons (Fsp3) is 0.167. The molecule has 28 heavy (non-hydrogen) atoms. The number of para-hydroxylation sites is 1. The van der Waals surface area contributed by atoms with Crippen molar-refractivity contribution in [3.8, 4) is 0 Å². The van der Waals surface area contributed by atoms with Crippen LogP contribution in [0.4, 0.5) is 5.69 Å². The first kappa shape index (κ1) is 18.5. The largest absolute Gasteiger partial charge is 0.264 e. The van der Waals surface area contributed by atoms with Crippen LogP contribution >= 0.6 is 0 Å². The molecule has 0 aliphatic carbocycles. The van der Waals surface area contributed by atoms with Crippen molar-refractivity contribution in [2.75, 3.05) is 4.31 Å². The Bertz CT molecular complexity index is 1090. The smallest absolute Gasteiger partial charge is 0.259 e. The van der Waals surface area contributed by atoms with Crippen LogP contribution in [0.3, 0.4) is 0 Å². The van der Waals surface area contributed by atoms with Crippen molar-refractivity contribution in [2.45, 2.75) is 30.7 Å². The van der Waals surface area contributed by atoms with E-state index in [1.165, 1.54) is 0 Å². The third-order valence-corrected chi connectivity index (χ3v) is 6.98. The quantitative estimate of drug-likeness (QED) is 0.614. The Morgan fingerprint density at radius 3 is 2.32 bits per heavy atom. The number of anilines is 1. The highest BCUT2D eigenvalue weighted by molar-refractivity contribution is 7.92. The number of hydrogen-bond donors (Lipinski definition) is 0. The van der Waals surface area contributed by atoms with Gasteiger partial charge in [0.2, 0.25) is 0 Å². The summed E-state index contributed by atoms with van der Waals surface area (Å²) in [4.78, 5) is 0.327. The van der Waals surface area contributed by atoms with Crippen LogP contribution in [0.15, 0.2) is 89.8 Å². The average Bonchev–Trinajstić information content (AvgIpc) is 2.72. The lowest BCUT2D eigenvalue weighted by Crippen LogP contribution is -2.42. The summed E-state index contributed by atoms with van der Waals surface area (Å²) in [5.74, 6) is 0. The summed E-state index contributed by atoms with van der Waals surface area (Å²) in [7, 11) is -3.66. The predicted molar refractivity (Wildman–Crippen MR) is 115 cm³/mol. The van der Waals surface area contributed by atoms with E-state index in [2.05, 4.69) is 0 Å². The summed E-state index contributed by atoms with van der Waals surface area (Å²) in [6.45, 7) is 1.96. The van der Waals surface area contributed by atoms with Crippen molar-refractivity contribution in [3.05, 3.63) is 102 Å². The van der Waals surface area contributed by atoms with Gasteiger partial charge in [-0.2, -0.15) is 0 Å². The third-order valence-electron chi connectivity index (χ3n) is 5.13. The lowest BCUT2D eigenvalue weighted by Gasteiger charge is -2.36. The Kier molecular flexibility index (Phi) is 5.05. The van der Waals surface area contributed by atoms with Gasteiger partial charge in [0.1, 0.15) is 0 Å². The lowest BCUT2D eigenvalue weighted by atomic mass is 9.97. The second kappa shape index (κ2) is 7.64. The molecule has 1 aliphatic heterocycles. The fourth-order valence-corrected chi connectivity index (χ4v) is 5.31. The number of benzene rings is 3. The predicted octanol–water partition coefficient (Wildman–Crippen LogP) is 5.22. The Hall–Kier alpha value is -2.85. The fourth-order valence-electron chi connectivity index (χ4n) is 3.63. The van der Waals surface area contributed by atoms with Crippen molar-refractivity contribution in [3.63, 3.8) is 0 Å². The van der Waals surface area contributed by atoms with E-state index in [9.17, 15) is 8.42 Å². The zero-order valence-electron chi connectivity index (χ0n) is 15.8. The molecule has 4 rings (SSSR count). The maximum atomic E-state index is 13.6. The van der Waals surface area contributed by atoms with Crippen LogP contribution in [-0.4, -0.2) is 14.5 Å². The molecule has 3 nitrogen and oxygen atoms in total. The zero-order valence-corrected chi connectivity index (χ0v) is 16.6. The van der Waals surface area contributed by atoms with Gasteiger partial charge in [-0.05, 0) is 49.1 Å². The molecule has 0 bridgehead atoms. The van der Waals surface area contributed by atoms with Gasteiger partial charge in [-0.25, -0.2) is 8.42 Å². The van der Waals surface area contributed by atoms with Gasteiger partial charge in [0.05, 0.1) is 16.6 Å². The summed E-state index contributed by atoms with van der Waals surface area (Å²) in [6.07, 6.45) is 5.64. The SMILES string of the molecule is Cc1ccc(S(=O)(=O)N2c3ccccc3CCC2/C=C/c2ccccc2)cc1. The van der Waals surface area contributed by atoms with E-state index in [0.717, 1.165) is 35.2 Å². The van der Waals surface area contributed by atoms with Gasteiger partial charge >= 0.3 is 0 Å². The molecule has 142 valence electrons. The summed E-state index contributed by atoms with van der Waals surface area (Å²) >= 11 is 0. The molecule has 1 aliphatic rings. The maximum absolute atomic E-state index is 13.6. The van der Waals surface area contributed by atoms with Crippen LogP contribution < -0.4 is 4.31 Å². The van der Waals surface area contributed by atoms with Crippen LogP contribution in [0.5, 0.6) is 0 Å². The van der Waals surface area contributed by atoms with E-state index in [1.807, 2.05) is 85.8 Å². The molecule has 0 amide bonds. The molecule has 0 radical (unpaired) electrons. The molecule has 1 unspecified atom stereocenters. The molecule has 4 heteroatoms. The van der Waals surface area contributed by atoms with E-state index < -0.39 is 10.0 Å². The van der Waals surface area contributed by atoms with Crippen LogP contribution in [-0.2, 0) is 16.4 Å². The van der Waals surface area contributed by atoms with E-state index in [4.69, 9.17) is 0 Å². The topological polar surface area (TPSA) is 37.4 Å². The van der Waals surface area contributed by atoms with Crippen LogP contribution in [0, 0.1) is 6.92 Å². The molecule has 0 spiro atoms. The summed E-state index contributed by atoms with van der Waals surface area (Å²) < 4.78 is 28.7. The molecular weight excluding hydrogens is 366 g/mol. The Labute approximate surface area is 167 Å². The molecule has 0 fully saturated rings. The monoisotopic (exact) mass is 389 g/mol. The van der Waals surface area contributed by atoms with Gasteiger partial charge in [0.25, 0.3) is 10.0 Å². The summed E-state index contributed by atoms with van der Waals surface area (Å²) in [5, 5.41) is 0. The first-order valence-corrected chi connectivity index (χ1v) is 10.9. The molecule has 1 heterocycles. The first-order valence-electron chi connectivity index (χ1n) is 9.48. The van der Waals surface area contributed by atoms with Gasteiger partial charge in [0.15, 0.2) is 0 Å². The van der Waals surface area contributed by atoms with Crippen LogP contribution in [0.25, 0.3) is 6.08 Å². The average molecular weight is 390 g/mol. The molecule has 3 aromatic rings. The number of rotatable bonds is 4. The normalized spacial score (nSPS) is 16.9. The minimum atomic E-state index is -3.66. The van der Waals surface area contributed by atoms with Crippen molar-refractivity contribution >= 4 is 21.8 Å². The molecule has 1 atom stereocenters. The highest BCUT2D eigenvalue weighted by atomic mass is 32.2. The van der Waals surface area contributed by atoms with Crippen molar-refractivity contribution < 1.29 is 8.42 Å². The number of sulfonamides is 1. The summed E-state index contributed by atoms with van der Waals surface area (Å²) in [5.41, 5.74) is 3.95. The third kappa shape index (κ3) is 3.60. The molecular formula is C24H23NO2S. The van der Waals surface area contributed by atoms with Gasteiger partial charge in [0, 0.05) is 0 Å². The molecule has 0 N–H and O–H groups in total. The number of hydrogen-bond acceptors (Lipinski definition) is 2. The minimum Gasteiger partial charge on any atom is -0.259 e. The second-order valence-corrected chi connectivity index (χ2v) is 8.93. The molecule has 3 aromatic carbocycles. The zero-order chi connectivity index (χ0) is 19.6. The van der Waals surface area contributed by atoms with E-state index in [-0.39, 0.29) is 6.04 Å². The first-order chi connectivity index (χ1) is 13.6. The highest BCUT2D eigenvalue weighted by Gasteiger charge is 2.34. The molecule has 0 saturated heterocycles. The lowest BCUT2D eigenvalue weighted by molar-refractivity contribution is 0.575. The van der Waals surface area contributed by atoms with Gasteiger partial charge in [-0.3, -0.25) is 4.31 Å². The highest BCUT2D eigenvalue weighted by Crippen LogP contribution is 2.36. The number of fused-ring (bicyclic) bond motifs is 1. The summed E-state index contributed by atoms with van der Waals surface area (Å²) in [6, 6.07) is 24.6. The van der Waals surface area contributed by atoms with E-state index in [1.54, 1.807) is 16.4 Å². The van der Waals surface area contributed by atoms with Crippen molar-refractivity contribution in [2.24, 2.45) is 0 Å². The maximum Gasteiger partial charge on any atom is 0.264 e. The van der Waals surface area contributed by atoms with E-state index >= 15 is 0 Å². The van der Waals surface area contributed by atoms with E-state index in [0.29, 0.717) is 4.90 Å². The van der Waals surface area contributed by atoms with Gasteiger partial charge < -0.3 is 0 Å². The standard InChI is InChI=1S/C24H23NO2S/c1-19-11-17-23(18-12-19)28(26,27)25-22(15-13-20-7-3-2-4-8-20)16-14-21-9-5-6-10-24(21)25/h2-13,15,17-18,22H,14,16H2,1H3/b15-13+. The van der Waals surface area contributed by atoms with Crippen LogP contribution in [0.1, 0.15) is 23.1 Å². The Balaban J connectivity index is 1.78. The van der Waals surface area contributed by atoms with Crippen molar-refractivity contribution in [1.82, 2.24) is 0 Å².